The monoisotopic (exact) mass is 388 g/mol. The predicted octanol–water partition coefficient (Wildman–Crippen LogP) is 5.61. The number of carbonyl (C=O) groups is 1. The van der Waals surface area contributed by atoms with Gasteiger partial charge in [0.15, 0.2) is 0 Å². The van der Waals surface area contributed by atoms with Crippen molar-refractivity contribution in [2.45, 2.75) is 52.6 Å². The highest BCUT2D eigenvalue weighted by Gasteiger charge is 2.16. The normalized spacial score (nSPS) is 10.8. The Hall–Kier alpha value is -2.81. The van der Waals surface area contributed by atoms with Gasteiger partial charge in [0.05, 0.1) is 13.0 Å². The molecule has 0 saturated heterocycles. The number of amides is 1. The van der Waals surface area contributed by atoms with Crippen LogP contribution in [0.3, 0.4) is 0 Å². The third-order valence-corrected chi connectivity index (χ3v) is 5.29. The van der Waals surface area contributed by atoms with E-state index in [1.807, 2.05) is 35.2 Å². The highest BCUT2D eigenvalue weighted by molar-refractivity contribution is 5.78. The van der Waals surface area contributed by atoms with E-state index in [4.69, 9.17) is 0 Å². The molecule has 1 heterocycles. The summed E-state index contributed by atoms with van der Waals surface area (Å²) in [5, 5.41) is 0. The molecule has 0 radical (unpaired) electrons. The first-order valence-corrected chi connectivity index (χ1v) is 10.7. The summed E-state index contributed by atoms with van der Waals surface area (Å²) in [5.41, 5.74) is 4.82. The number of benzene rings is 2. The molecule has 3 aromatic rings. The minimum Gasteiger partial charge on any atom is -0.345 e. The number of hydrogen-bond donors (Lipinski definition) is 0. The van der Waals surface area contributed by atoms with E-state index in [-0.39, 0.29) is 5.91 Å². The van der Waals surface area contributed by atoms with Gasteiger partial charge < -0.3 is 9.47 Å². The number of unbranched alkanes of at least 4 members (excludes halogenated alkanes) is 2. The molecule has 0 fully saturated rings. The molecule has 152 valence electrons. The van der Waals surface area contributed by atoms with E-state index in [0.29, 0.717) is 13.0 Å². The number of carbonyl (C=O) groups excluding carboxylic acids is 1. The molecule has 0 aliphatic rings. The van der Waals surface area contributed by atoms with Crippen LogP contribution in [-0.2, 0) is 24.3 Å². The van der Waals surface area contributed by atoms with Crippen molar-refractivity contribution in [2.75, 3.05) is 6.54 Å². The van der Waals surface area contributed by atoms with Crippen molar-refractivity contribution in [2.24, 2.45) is 0 Å². The molecule has 0 N–H and O–H groups in total. The van der Waals surface area contributed by atoms with Crippen molar-refractivity contribution in [3.63, 3.8) is 0 Å². The van der Waals surface area contributed by atoms with Crippen LogP contribution in [0.15, 0.2) is 72.9 Å². The molecule has 2 aromatic carbocycles. The summed E-state index contributed by atoms with van der Waals surface area (Å²) in [7, 11) is 0. The summed E-state index contributed by atoms with van der Waals surface area (Å²) >= 11 is 0. The van der Waals surface area contributed by atoms with Gasteiger partial charge in [-0.3, -0.25) is 4.79 Å². The maximum Gasteiger partial charge on any atom is 0.227 e. The Morgan fingerprint density at radius 2 is 1.72 bits per heavy atom. The maximum absolute atomic E-state index is 13.1. The molecule has 0 atom stereocenters. The first kappa shape index (κ1) is 20.9. The van der Waals surface area contributed by atoms with E-state index in [1.165, 1.54) is 16.8 Å². The van der Waals surface area contributed by atoms with E-state index < -0.39 is 0 Å². The molecule has 3 nitrogen and oxygen atoms in total. The van der Waals surface area contributed by atoms with E-state index in [1.54, 1.807) is 0 Å². The number of hydrogen-bond acceptors (Lipinski definition) is 1. The first-order valence-electron chi connectivity index (χ1n) is 10.7. The van der Waals surface area contributed by atoms with Gasteiger partial charge in [-0.2, -0.15) is 0 Å². The molecule has 1 amide bonds. The third-order valence-electron chi connectivity index (χ3n) is 5.29. The smallest absolute Gasteiger partial charge is 0.227 e. The van der Waals surface area contributed by atoms with E-state index in [9.17, 15) is 4.79 Å². The summed E-state index contributed by atoms with van der Waals surface area (Å²) < 4.78 is 2.26. The zero-order valence-electron chi connectivity index (χ0n) is 17.7. The lowest BCUT2D eigenvalue weighted by atomic mass is 10.1. The van der Waals surface area contributed by atoms with Crippen LogP contribution in [0, 0.1) is 6.92 Å². The zero-order chi connectivity index (χ0) is 20.5. The SMILES string of the molecule is CCCCCN(Cc1cccn1Cc1cccc(C)c1)C(=O)Cc1ccccc1. The Balaban J connectivity index is 1.72. The van der Waals surface area contributed by atoms with E-state index in [2.05, 4.69) is 61.0 Å². The molecular weight excluding hydrogens is 356 g/mol. The molecule has 0 aliphatic carbocycles. The number of aryl methyl sites for hydroxylation is 1. The van der Waals surface area contributed by atoms with Crippen molar-refractivity contribution in [1.82, 2.24) is 9.47 Å². The van der Waals surface area contributed by atoms with Gasteiger partial charge in [0.2, 0.25) is 5.91 Å². The third kappa shape index (κ3) is 6.35. The van der Waals surface area contributed by atoms with Crippen molar-refractivity contribution in [3.05, 3.63) is 95.3 Å². The van der Waals surface area contributed by atoms with E-state index in [0.717, 1.165) is 37.9 Å². The van der Waals surface area contributed by atoms with Crippen molar-refractivity contribution in [1.29, 1.82) is 0 Å². The fraction of sp³-hybridized carbons (Fsp3) is 0.346. The first-order chi connectivity index (χ1) is 14.2. The van der Waals surface area contributed by atoms with Gasteiger partial charge in [-0.05, 0) is 36.6 Å². The Morgan fingerprint density at radius 1 is 0.931 bits per heavy atom. The minimum absolute atomic E-state index is 0.204. The number of rotatable bonds is 10. The maximum atomic E-state index is 13.1. The highest BCUT2D eigenvalue weighted by atomic mass is 16.2. The van der Waals surface area contributed by atoms with Crippen LogP contribution in [0.5, 0.6) is 0 Å². The summed E-state index contributed by atoms with van der Waals surface area (Å²) in [5.74, 6) is 0.204. The molecule has 3 rings (SSSR count). The van der Waals surface area contributed by atoms with Gasteiger partial charge in [-0.25, -0.2) is 0 Å². The summed E-state index contributed by atoms with van der Waals surface area (Å²) in [6.45, 7) is 6.63. The van der Waals surface area contributed by atoms with Gasteiger partial charge in [-0.15, -0.1) is 0 Å². The van der Waals surface area contributed by atoms with Crippen LogP contribution in [-0.4, -0.2) is 21.9 Å². The van der Waals surface area contributed by atoms with Crippen molar-refractivity contribution in [3.8, 4) is 0 Å². The molecule has 1 aromatic heterocycles. The Kier molecular flexibility index (Phi) is 7.69. The second kappa shape index (κ2) is 10.7. The predicted molar refractivity (Wildman–Crippen MR) is 120 cm³/mol. The molecule has 0 spiro atoms. The zero-order valence-corrected chi connectivity index (χ0v) is 17.7. The highest BCUT2D eigenvalue weighted by Crippen LogP contribution is 2.14. The van der Waals surface area contributed by atoms with Gasteiger partial charge in [0, 0.05) is 25.0 Å². The van der Waals surface area contributed by atoms with Gasteiger partial charge >= 0.3 is 0 Å². The van der Waals surface area contributed by atoms with Gasteiger partial charge in [0.25, 0.3) is 0 Å². The molecule has 0 aliphatic heterocycles. The molecule has 0 bridgehead atoms. The second-order valence-corrected chi connectivity index (χ2v) is 7.80. The fourth-order valence-electron chi connectivity index (χ4n) is 3.68. The number of aromatic nitrogens is 1. The largest absolute Gasteiger partial charge is 0.345 e. The van der Waals surface area contributed by atoms with Crippen LogP contribution < -0.4 is 0 Å². The Morgan fingerprint density at radius 3 is 2.48 bits per heavy atom. The van der Waals surface area contributed by atoms with Crippen LogP contribution in [0.4, 0.5) is 0 Å². The van der Waals surface area contributed by atoms with Crippen LogP contribution in [0.1, 0.15) is 48.6 Å². The second-order valence-electron chi connectivity index (χ2n) is 7.80. The lowest BCUT2D eigenvalue weighted by Gasteiger charge is -2.24. The lowest BCUT2D eigenvalue weighted by Crippen LogP contribution is -2.33. The number of nitrogens with zero attached hydrogens (tertiary/aromatic N) is 2. The van der Waals surface area contributed by atoms with Crippen LogP contribution in [0.2, 0.25) is 0 Å². The minimum atomic E-state index is 0.204. The van der Waals surface area contributed by atoms with Gasteiger partial charge in [-0.1, -0.05) is 79.9 Å². The quantitative estimate of drug-likeness (QED) is 0.415. The Bertz CT molecular complexity index is 898. The standard InChI is InChI=1S/C26H32N2O/c1-3-4-8-16-28(26(29)19-23-12-6-5-7-13-23)21-25-15-10-17-27(25)20-24-14-9-11-22(2)18-24/h5-7,9-15,17-18H,3-4,8,16,19-21H2,1-2H3. The molecule has 0 unspecified atom stereocenters. The summed E-state index contributed by atoms with van der Waals surface area (Å²) in [6, 6.07) is 22.9. The molecule has 0 saturated carbocycles. The molecular formula is C26H32N2O. The van der Waals surface area contributed by atoms with Crippen LogP contribution >= 0.6 is 0 Å². The topological polar surface area (TPSA) is 25.2 Å². The summed E-state index contributed by atoms with van der Waals surface area (Å²) in [6.07, 6.45) is 5.94. The van der Waals surface area contributed by atoms with Crippen LogP contribution in [0.25, 0.3) is 0 Å². The average molecular weight is 389 g/mol. The molecule has 3 heteroatoms. The van der Waals surface area contributed by atoms with Crippen molar-refractivity contribution < 1.29 is 4.79 Å². The van der Waals surface area contributed by atoms with E-state index >= 15 is 0 Å². The fourth-order valence-corrected chi connectivity index (χ4v) is 3.68. The average Bonchev–Trinajstić information content (AvgIpc) is 3.14. The molecule has 29 heavy (non-hydrogen) atoms. The van der Waals surface area contributed by atoms with Crippen molar-refractivity contribution >= 4 is 5.91 Å². The lowest BCUT2D eigenvalue weighted by molar-refractivity contribution is -0.131. The summed E-state index contributed by atoms with van der Waals surface area (Å²) in [4.78, 5) is 15.1. The Labute approximate surface area is 175 Å². The van der Waals surface area contributed by atoms with Gasteiger partial charge in [0.1, 0.15) is 0 Å².